The van der Waals surface area contributed by atoms with E-state index in [1.807, 2.05) is 31.2 Å². The number of aryl methyl sites for hydroxylation is 1. The molecule has 1 aliphatic heterocycles. The van der Waals surface area contributed by atoms with Gasteiger partial charge in [-0.3, -0.25) is 14.9 Å². The Labute approximate surface area is 206 Å². The monoisotopic (exact) mass is 491 g/mol. The van der Waals surface area contributed by atoms with Crippen LogP contribution in [0.15, 0.2) is 48.5 Å². The topological polar surface area (TPSA) is 109 Å². The largest absolute Gasteiger partial charge is 0.481 e. The standard InChI is InChI=1S/C26H25N3O5S/c1-14-11-29(12-20(14)24(31)32)23(30)22-15(2)27-25(35-22)28-26(33)34-13-21-18-9-5-3-7-16(18)17-8-4-6-10-19(17)21/h3-10,14,20-21H,11-13H2,1-2H3,(H,31,32)(H,27,28,33)/t14-,20-/m1/s1. The van der Waals surface area contributed by atoms with E-state index < -0.39 is 18.0 Å². The molecule has 5 rings (SSSR count). The van der Waals surface area contributed by atoms with Crippen molar-refractivity contribution in [2.24, 2.45) is 11.8 Å². The summed E-state index contributed by atoms with van der Waals surface area (Å²) >= 11 is 1.07. The van der Waals surface area contributed by atoms with Crippen LogP contribution in [0.1, 0.15) is 39.3 Å². The number of carbonyl (C=O) groups is 3. The number of nitrogens with zero attached hydrogens (tertiary/aromatic N) is 2. The number of hydrogen-bond donors (Lipinski definition) is 2. The third kappa shape index (κ3) is 4.27. The summed E-state index contributed by atoms with van der Waals surface area (Å²) in [6.07, 6.45) is -0.639. The van der Waals surface area contributed by atoms with Crippen LogP contribution >= 0.6 is 11.3 Å². The molecule has 2 aromatic carbocycles. The van der Waals surface area contributed by atoms with Gasteiger partial charge in [-0.2, -0.15) is 0 Å². The van der Waals surface area contributed by atoms with E-state index in [0.29, 0.717) is 17.1 Å². The molecule has 0 spiro atoms. The fraction of sp³-hybridized carbons (Fsp3) is 0.308. The summed E-state index contributed by atoms with van der Waals surface area (Å²) in [5.74, 6) is -1.92. The molecule has 1 aromatic heterocycles. The maximum Gasteiger partial charge on any atom is 0.413 e. The molecule has 8 nitrogen and oxygen atoms in total. The molecule has 0 saturated carbocycles. The summed E-state index contributed by atoms with van der Waals surface area (Å²) in [6, 6.07) is 16.2. The lowest BCUT2D eigenvalue weighted by Crippen LogP contribution is -2.29. The molecule has 2 N–H and O–H groups in total. The van der Waals surface area contributed by atoms with Crippen molar-refractivity contribution in [1.29, 1.82) is 0 Å². The minimum absolute atomic E-state index is 0.0531. The Balaban J connectivity index is 1.24. The van der Waals surface area contributed by atoms with Crippen LogP contribution in [0, 0.1) is 18.8 Å². The molecule has 2 aliphatic rings. The zero-order chi connectivity index (χ0) is 24.7. The molecule has 2 amide bonds. The van der Waals surface area contributed by atoms with Crippen molar-refractivity contribution in [3.8, 4) is 11.1 Å². The third-order valence-electron chi connectivity index (χ3n) is 6.76. The van der Waals surface area contributed by atoms with Crippen molar-refractivity contribution in [3.63, 3.8) is 0 Å². The lowest BCUT2D eigenvalue weighted by molar-refractivity contribution is -0.142. The molecule has 2 atom stereocenters. The number of hydrogen-bond acceptors (Lipinski definition) is 6. The summed E-state index contributed by atoms with van der Waals surface area (Å²) in [4.78, 5) is 43.2. The van der Waals surface area contributed by atoms with E-state index in [9.17, 15) is 19.5 Å². The predicted octanol–water partition coefficient (Wildman–Crippen LogP) is 4.61. The molecular formula is C26H25N3O5S. The highest BCUT2D eigenvalue weighted by Crippen LogP contribution is 2.44. The van der Waals surface area contributed by atoms with Gasteiger partial charge >= 0.3 is 12.1 Å². The Bertz CT molecular complexity index is 1270. The first kappa shape index (κ1) is 23.0. The molecule has 1 aliphatic carbocycles. The highest BCUT2D eigenvalue weighted by atomic mass is 32.1. The van der Waals surface area contributed by atoms with E-state index in [1.165, 1.54) is 0 Å². The van der Waals surface area contributed by atoms with Crippen LogP contribution < -0.4 is 5.32 Å². The molecule has 0 unspecified atom stereocenters. The Kier molecular flexibility index (Phi) is 6.02. The number of anilines is 1. The van der Waals surface area contributed by atoms with Crippen LogP contribution in [0.3, 0.4) is 0 Å². The minimum Gasteiger partial charge on any atom is -0.481 e. The lowest BCUT2D eigenvalue weighted by Gasteiger charge is -2.15. The van der Waals surface area contributed by atoms with Gasteiger partial charge in [0, 0.05) is 19.0 Å². The number of likely N-dealkylation sites (tertiary alicyclic amines) is 1. The van der Waals surface area contributed by atoms with Gasteiger partial charge in [-0.1, -0.05) is 66.8 Å². The van der Waals surface area contributed by atoms with Crippen LogP contribution in [0.5, 0.6) is 0 Å². The fourth-order valence-corrected chi connectivity index (χ4v) is 5.89. The van der Waals surface area contributed by atoms with Gasteiger partial charge in [0.05, 0.1) is 11.6 Å². The van der Waals surface area contributed by atoms with Crippen molar-refractivity contribution in [2.75, 3.05) is 25.0 Å². The summed E-state index contributed by atoms with van der Waals surface area (Å²) in [6.45, 7) is 4.25. The van der Waals surface area contributed by atoms with E-state index in [1.54, 1.807) is 11.8 Å². The number of rotatable bonds is 5. The van der Waals surface area contributed by atoms with E-state index in [-0.39, 0.29) is 36.0 Å². The van der Waals surface area contributed by atoms with Crippen molar-refractivity contribution < 1.29 is 24.2 Å². The van der Waals surface area contributed by atoms with Gasteiger partial charge in [0.1, 0.15) is 11.5 Å². The average Bonchev–Trinajstić information content (AvgIpc) is 3.50. The number of benzene rings is 2. The molecule has 1 saturated heterocycles. The highest BCUT2D eigenvalue weighted by molar-refractivity contribution is 7.17. The SMILES string of the molecule is Cc1nc(NC(=O)OCC2c3ccccc3-c3ccccc32)sc1C(=O)N1C[C@@H](C)[C@H](C(=O)O)C1. The van der Waals surface area contributed by atoms with Crippen molar-refractivity contribution in [1.82, 2.24) is 9.88 Å². The van der Waals surface area contributed by atoms with Crippen molar-refractivity contribution >= 4 is 34.4 Å². The van der Waals surface area contributed by atoms with Gasteiger partial charge in [-0.15, -0.1) is 0 Å². The second kappa shape index (κ2) is 9.14. The van der Waals surface area contributed by atoms with Crippen LogP contribution in [0.2, 0.25) is 0 Å². The minimum atomic E-state index is -0.897. The second-order valence-electron chi connectivity index (χ2n) is 9.02. The summed E-state index contributed by atoms with van der Waals surface area (Å²) in [5, 5.41) is 12.2. The van der Waals surface area contributed by atoms with Crippen LogP contribution in [0.4, 0.5) is 9.93 Å². The first-order valence-electron chi connectivity index (χ1n) is 11.4. The maximum absolute atomic E-state index is 13.0. The second-order valence-corrected chi connectivity index (χ2v) is 10.0. The molecule has 180 valence electrons. The number of aliphatic carboxylic acids is 1. The van der Waals surface area contributed by atoms with E-state index in [4.69, 9.17) is 4.74 Å². The Morgan fingerprint density at radius 1 is 1.09 bits per heavy atom. The first-order chi connectivity index (χ1) is 16.8. The van der Waals surface area contributed by atoms with Gasteiger partial charge in [0.2, 0.25) is 0 Å². The molecule has 9 heteroatoms. The third-order valence-corrected chi connectivity index (χ3v) is 7.82. The zero-order valence-electron chi connectivity index (χ0n) is 19.4. The molecule has 0 bridgehead atoms. The van der Waals surface area contributed by atoms with E-state index >= 15 is 0 Å². The number of aromatic nitrogens is 1. The molecule has 2 heterocycles. The number of carbonyl (C=O) groups excluding carboxylic acids is 2. The Hall–Kier alpha value is -3.72. The van der Waals surface area contributed by atoms with Crippen LogP contribution in [-0.2, 0) is 9.53 Å². The van der Waals surface area contributed by atoms with Crippen molar-refractivity contribution in [2.45, 2.75) is 19.8 Å². The summed E-state index contributed by atoms with van der Waals surface area (Å²) in [7, 11) is 0. The normalized spacial score (nSPS) is 18.7. The van der Waals surface area contributed by atoms with Crippen LogP contribution in [-0.4, -0.2) is 52.7 Å². The molecule has 3 aromatic rings. The average molecular weight is 492 g/mol. The number of thiazole rings is 1. The number of fused-ring (bicyclic) bond motifs is 3. The van der Waals surface area contributed by atoms with E-state index in [2.05, 4.69) is 34.6 Å². The quantitative estimate of drug-likeness (QED) is 0.540. The molecule has 0 radical (unpaired) electrons. The molecule has 1 fully saturated rings. The summed E-state index contributed by atoms with van der Waals surface area (Å²) < 4.78 is 5.56. The van der Waals surface area contributed by atoms with Crippen molar-refractivity contribution in [3.05, 3.63) is 70.2 Å². The lowest BCUT2D eigenvalue weighted by atomic mass is 9.98. The smallest absolute Gasteiger partial charge is 0.413 e. The molecule has 35 heavy (non-hydrogen) atoms. The summed E-state index contributed by atoms with van der Waals surface area (Å²) in [5.41, 5.74) is 5.03. The fourth-order valence-electron chi connectivity index (χ4n) is 4.97. The number of amides is 2. The van der Waals surface area contributed by atoms with Gasteiger partial charge in [-0.25, -0.2) is 9.78 Å². The van der Waals surface area contributed by atoms with Gasteiger partial charge in [0.25, 0.3) is 5.91 Å². The van der Waals surface area contributed by atoms with Gasteiger partial charge in [-0.05, 0) is 35.1 Å². The van der Waals surface area contributed by atoms with Gasteiger partial charge < -0.3 is 14.7 Å². The number of ether oxygens (including phenoxy) is 1. The Morgan fingerprint density at radius 2 is 1.71 bits per heavy atom. The Morgan fingerprint density at radius 3 is 2.31 bits per heavy atom. The maximum atomic E-state index is 13.0. The van der Waals surface area contributed by atoms with E-state index in [0.717, 1.165) is 33.6 Å². The zero-order valence-corrected chi connectivity index (χ0v) is 20.2. The number of nitrogens with one attached hydrogen (secondary N) is 1. The number of carboxylic acid groups (broad SMARTS) is 1. The highest BCUT2D eigenvalue weighted by Gasteiger charge is 2.38. The predicted molar refractivity (Wildman–Crippen MR) is 132 cm³/mol. The van der Waals surface area contributed by atoms with Gasteiger partial charge in [0.15, 0.2) is 5.13 Å². The first-order valence-corrected chi connectivity index (χ1v) is 12.3. The van der Waals surface area contributed by atoms with Crippen LogP contribution in [0.25, 0.3) is 11.1 Å². The molecular weight excluding hydrogens is 466 g/mol. The number of carboxylic acids is 1.